The third kappa shape index (κ3) is 1.86. The van der Waals surface area contributed by atoms with Gasteiger partial charge in [0, 0.05) is 12.1 Å². The van der Waals surface area contributed by atoms with Crippen LogP contribution >= 0.6 is 0 Å². The van der Waals surface area contributed by atoms with Crippen LogP contribution in [0, 0.1) is 11.3 Å². The van der Waals surface area contributed by atoms with Crippen molar-refractivity contribution in [1.29, 1.82) is 0 Å². The van der Waals surface area contributed by atoms with Crippen molar-refractivity contribution in [2.75, 3.05) is 5.32 Å². The van der Waals surface area contributed by atoms with Crippen LogP contribution in [-0.2, 0) is 4.79 Å². The first-order valence-corrected chi connectivity index (χ1v) is 6.87. The molecule has 19 heavy (non-hydrogen) atoms. The molecule has 0 saturated carbocycles. The van der Waals surface area contributed by atoms with Crippen LogP contribution in [0.15, 0.2) is 18.3 Å². The van der Waals surface area contributed by atoms with Crippen molar-refractivity contribution >= 4 is 11.5 Å². The number of carbonyl (C=O) groups excluding carboxylic acids is 1. The molecule has 1 saturated heterocycles. The van der Waals surface area contributed by atoms with Crippen molar-refractivity contribution < 1.29 is 4.79 Å². The fourth-order valence-electron chi connectivity index (χ4n) is 3.66. The number of aromatic nitrogens is 1. The van der Waals surface area contributed by atoms with Crippen molar-refractivity contribution in [3.63, 3.8) is 0 Å². The summed E-state index contributed by atoms with van der Waals surface area (Å²) in [5, 5.41) is 6.91. The second kappa shape index (κ2) is 4.04. The number of fused-ring (bicyclic) bond motifs is 3. The van der Waals surface area contributed by atoms with Crippen molar-refractivity contribution in [1.82, 2.24) is 10.3 Å². The van der Waals surface area contributed by atoms with E-state index in [4.69, 9.17) is 0 Å². The number of hydrogen-bond acceptors (Lipinski definition) is 4. The van der Waals surface area contributed by atoms with Gasteiger partial charge in [-0.2, -0.15) is 0 Å². The second-order valence-electron chi connectivity index (χ2n) is 6.73. The Labute approximate surface area is 114 Å². The van der Waals surface area contributed by atoms with Gasteiger partial charge >= 0.3 is 0 Å². The fourth-order valence-corrected chi connectivity index (χ4v) is 3.66. The third-order valence-corrected chi connectivity index (χ3v) is 4.37. The van der Waals surface area contributed by atoms with Gasteiger partial charge in [-0.3, -0.25) is 15.1 Å². The lowest BCUT2D eigenvalue weighted by Gasteiger charge is -2.34. The highest BCUT2D eigenvalue weighted by Gasteiger charge is 2.54. The third-order valence-electron chi connectivity index (χ3n) is 4.37. The van der Waals surface area contributed by atoms with E-state index in [-0.39, 0.29) is 35.2 Å². The molecular formula is C15H21N3O. The fraction of sp³-hybridized carbons (Fsp3) is 0.600. The maximum atomic E-state index is 11.9. The van der Waals surface area contributed by atoms with Crippen LogP contribution in [0.25, 0.3) is 0 Å². The van der Waals surface area contributed by atoms with Gasteiger partial charge in [-0.1, -0.05) is 20.8 Å². The van der Waals surface area contributed by atoms with Crippen molar-refractivity contribution in [3.05, 3.63) is 24.0 Å². The smallest absolute Gasteiger partial charge is 0.147 e. The summed E-state index contributed by atoms with van der Waals surface area (Å²) in [5.41, 5.74) is 2.26. The van der Waals surface area contributed by atoms with E-state index in [9.17, 15) is 4.79 Å². The highest BCUT2D eigenvalue weighted by molar-refractivity contribution is 5.83. The topological polar surface area (TPSA) is 54.0 Å². The lowest BCUT2D eigenvalue weighted by Crippen LogP contribution is -2.42. The molecule has 2 aliphatic heterocycles. The number of pyridine rings is 1. The molecule has 2 N–H and O–H groups in total. The Kier molecular flexibility index (Phi) is 2.68. The molecule has 1 aromatic heterocycles. The van der Waals surface area contributed by atoms with E-state index < -0.39 is 0 Å². The Morgan fingerprint density at radius 2 is 2.11 bits per heavy atom. The molecule has 2 aliphatic rings. The molecule has 4 atom stereocenters. The number of carbonyl (C=O) groups is 1. The molecule has 1 aromatic rings. The van der Waals surface area contributed by atoms with E-state index in [0.717, 1.165) is 11.4 Å². The standard InChI is InChI=1S/C15H21N3O/c1-8(19)12-11(15(2,3)4)10-13-9(6-5-7-16-13)17-14(10)18-12/h5-7,10-12,14,17-18H,1-4H3. The van der Waals surface area contributed by atoms with Gasteiger partial charge in [0.05, 0.1) is 23.6 Å². The Bertz CT molecular complexity index is 520. The minimum Gasteiger partial charge on any atom is -0.368 e. The molecule has 102 valence electrons. The van der Waals surface area contributed by atoms with Gasteiger partial charge in [0.25, 0.3) is 0 Å². The van der Waals surface area contributed by atoms with E-state index in [1.54, 1.807) is 6.92 Å². The van der Waals surface area contributed by atoms with Gasteiger partial charge in [0.2, 0.25) is 0 Å². The number of Topliss-reactive ketones (excluding diaryl/α,β-unsaturated/α-hetero) is 1. The minimum atomic E-state index is -0.0855. The van der Waals surface area contributed by atoms with Gasteiger partial charge in [0.15, 0.2) is 0 Å². The molecule has 0 bridgehead atoms. The van der Waals surface area contributed by atoms with E-state index in [1.165, 1.54) is 0 Å². The molecule has 3 heterocycles. The lowest BCUT2D eigenvalue weighted by atomic mass is 9.69. The van der Waals surface area contributed by atoms with Gasteiger partial charge in [-0.05, 0) is 30.4 Å². The summed E-state index contributed by atoms with van der Waals surface area (Å²) in [7, 11) is 0. The van der Waals surface area contributed by atoms with Crippen molar-refractivity contribution in [3.8, 4) is 0 Å². The average molecular weight is 259 g/mol. The number of hydrogen-bond donors (Lipinski definition) is 2. The molecular weight excluding hydrogens is 238 g/mol. The Balaban J connectivity index is 2.05. The van der Waals surface area contributed by atoms with Crippen LogP contribution in [-0.4, -0.2) is 23.0 Å². The SMILES string of the molecule is CC(=O)C1NC2Nc3cccnc3C2C1C(C)(C)C. The zero-order valence-electron chi connectivity index (χ0n) is 11.9. The summed E-state index contributed by atoms with van der Waals surface area (Å²) in [4.78, 5) is 16.5. The molecule has 4 heteroatoms. The molecule has 0 aromatic carbocycles. The van der Waals surface area contributed by atoms with Crippen LogP contribution in [0.3, 0.4) is 0 Å². The predicted molar refractivity (Wildman–Crippen MR) is 74.9 cm³/mol. The summed E-state index contributed by atoms with van der Waals surface area (Å²) >= 11 is 0. The molecule has 0 spiro atoms. The summed E-state index contributed by atoms with van der Waals surface area (Å²) in [6, 6.07) is 3.92. The van der Waals surface area contributed by atoms with Gasteiger partial charge in [-0.25, -0.2) is 0 Å². The van der Waals surface area contributed by atoms with Crippen molar-refractivity contribution in [2.24, 2.45) is 11.3 Å². The Hall–Kier alpha value is -1.42. The van der Waals surface area contributed by atoms with Gasteiger partial charge < -0.3 is 5.32 Å². The number of nitrogens with one attached hydrogen (secondary N) is 2. The highest BCUT2D eigenvalue weighted by Crippen LogP contribution is 2.50. The lowest BCUT2D eigenvalue weighted by molar-refractivity contribution is -0.120. The monoisotopic (exact) mass is 259 g/mol. The van der Waals surface area contributed by atoms with Crippen LogP contribution in [0.1, 0.15) is 39.3 Å². The summed E-state index contributed by atoms with van der Waals surface area (Å²) < 4.78 is 0. The van der Waals surface area contributed by atoms with Crippen molar-refractivity contribution in [2.45, 2.75) is 45.8 Å². The van der Waals surface area contributed by atoms with Gasteiger partial charge in [-0.15, -0.1) is 0 Å². The van der Waals surface area contributed by atoms with E-state index in [1.807, 2.05) is 12.3 Å². The maximum Gasteiger partial charge on any atom is 0.147 e. The second-order valence-corrected chi connectivity index (χ2v) is 6.73. The van der Waals surface area contributed by atoms with E-state index in [0.29, 0.717) is 0 Å². The maximum absolute atomic E-state index is 11.9. The molecule has 4 nitrogen and oxygen atoms in total. The first kappa shape index (κ1) is 12.6. The first-order chi connectivity index (χ1) is 8.89. The highest BCUT2D eigenvalue weighted by atomic mass is 16.1. The van der Waals surface area contributed by atoms with Gasteiger partial charge in [0.1, 0.15) is 5.78 Å². The van der Waals surface area contributed by atoms with Crippen LogP contribution < -0.4 is 10.6 Å². The summed E-state index contributed by atoms with van der Waals surface area (Å²) in [5.74, 6) is 0.748. The number of nitrogens with zero attached hydrogens (tertiary/aromatic N) is 1. The summed E-state index contributed by atoms with van der Waals surface area (Å²) in [6.07, 6.45) is 1.96. The number of rotatable bonds is 1. The normalized spacial score (nSPS) is 32.6. The van der Waals surface area contributed by atoms with Crippen LogP contribution in [0.5, 0.6) is 0 Å². The average Bonchev–Trinajstić information content (AvgIpc) is 2.82. The predicted octanol–water partition coefficient (Wildman–Crippen LogP) is 2.14. The number of ketones is 1. The Morgan fingerprint density at radius 3 is 2.74 bits per heavy atom. The molecule has 3 rings (SSSR count). The zero-order valence-corrected chi connectivity index (χ0v) is 11.9. The first-order valence-electron chi connectivity index (χ1n) is 6.87. The largest absolute Gasteiger partial charge is 0.368 e. The van der Waals surface area contributed by atoms with E-state index in [2.05, 4.69) is 42.5 Å². The Morgan fingerprint density at radius 1 is 1.37 bits per heavy atom. The molecule has 0 amide bonds. The summed E-state index contributed by atoms with van der Waals surface area (Å²) in [6.45, 7) is 8.30. The quantitative estimate of drug-likeness (QED) is 0.811. The zero-order chi connectivity index (χ0) is 13.8. The molecule has 4 unspecified atom stereocenters. The molecule has 0 aliphatic carbocycles. The van der Waals surface area contributed by atoms with Crippen LogP contribution in [0.4, 0.5) is 5.69 Å². The molecule has 1 fully saturated rings. The molecule has 0 radical (unpaired) electrons. The van der Waals surface area contributed by atoms with E-state index >= 15 is 0 Å². The number of anilines is 1. The minimum absolute atomic E-state index is 0.0591. The van der Waals surface area contributed by atoms with Crippen LogP contribution in [0.2, 0.25) is 0 Å².